The molecule has 1 aliphatic rings. The van der Waals surface area contributed by atoms with Crippen molar-refractivity contribution >= 4 is 5.78 Å². The summed E-state index contributed by atoms with van der Waals surface area (Å²) < 4.78 is 5.10. The Labute approximate surface area is 88.3 Å². The van der Waals surface area contributed by atoms with Crippen LogP contribution in [0.3, 0.4) is 0 Å². The molecule has 0 radical (unpaired) electrons. The number of fused-ring (bicyclic) bond motifs is 1. The first kappa shape index (κ1) is 9.72. The van der Waals surface area contributed by atoms with Crippen molar-refractivity contribution in [3.05, 3.63) is 28.8 Å². The zero-order valence-electron chi connectivity index (χ0n) is 8.54. The van der Waals surface area contributed by atoms with Crippen LogP contribution in [-0.2, 0) is 6.42 Å². The first-order valence-corrected chi connectivity index (χ1v) is 4.91. The third kappa shape index (κ3) is 1.48. The van der Waals surface area contributed by atoms with E-state index in [1.54, 1.807) is 12.1 Å². The summed E-state index contributed by atoms with van der Waals surface area (Å²) in [5, 5.41) is 9.05. The highest BCUT2D eigenvalue weighted by atomic mass is 16.5. The maximum absolute atomic E-state index is 11.6. The molecular formula is C12H11NO2. The van der Waals surface area contributed by atoms with Crippen LogP contribution in [0, 0.1) is 11.3 Å². The van der Waals surface area contributed by atoms with Gasteiger partial charge in [-0.2, -0.15) is 5.26 Å². The molecule has 0 bridgehead atoms. The molecule has 0 fully saturated rings. The quantitative estimate of drug-likeness (QED) is 0.699. The van der Waals surface area contributed by atoms with Gasteiger partial charge in [0.15, 0.2) is 5.78 Å². The Kier molecular flexibility index (Phi) is 2.42. The smallest absolute Gasteiger partial charge is 0.163 e. The average Bonchev–Trinajstić information content (AvgIpc) is 2.28. The molecule has 15 heavy (non-hydrogen) atoms. The van der Waals surface area contributed by atoms with Crippen molar-refractivity contribution in [1.82, 2.24) is 0 Å². The Bertz CT molecular complexity index is 457. The lowest BCUT2D eigenvalue weighted by atomic mass is 9.87. The number of carbonyl (C=O) groups is 1. The van der Waals surface area contributed by atoms with E-state index in [-0.39, 0.29) is 5.78 Å². The van der Waals surface area contributed by atoms with Crippen LogP contribution < -0.4 is 4.74 Å². The Morgan fingerprint density at radius 3 is 2.87 bits per heavy atom. The highest BCUT2D eigenvalue weighted by Gasteiger charge is 2.21. The summed E-state index contributed by atoms with van der Waals surface area (Å²) in [5.74, 6) is 0.696. The normalized spacial score (nSPS) is 14.3. The van der Waals surface area contributed by atoms with E-state index in [0.29, 0.717) is 23.3 Å². The summed E-state index contributed by atoms with van der Waals surface area (Å²) in [5.41, 5.74) is 2.06. The Balaban J connectivity index is 2.65. The van der Waals surface area contributed by atoms with Crippen LogP contribution in [0.5, 0.6) is 5.75 Å². The number of rotatable bonds is 1. The monoisotopic (exact) mass is 201 g/mol. The number of carbonyl (C=O) groups excluding carboxylic acids is 1. The number of ketones is 1. The molecule has 0 aromatic heterocycles. The Morgan fingerprint density at radius 1 is 1.40 bits per heavy atom. The van der Waals surface area contributed by atoms with E-state index in [4.69, 9.17) is 10.00 Å². The molecule has 2 rings (SSSR count). The lowest BCUT2D eigenvalue weighted by molar-refractivity contribution is 0.0972. The van der Waals surface area contributed by atoms with Crippen molar-refractivity contribution in [2.45, 2.75) is 19.3 Å². The van der Waals surface area contributed by atoms with Crippen LogP contribution in [0.4, 0.5) is 0 Å². The summed E-state index contributed by atoms with van der Waals surface area (Å²) in [6, 6.07) is 5.57. The molecule has 0 atom stereocenters. The lowest BCUT2D eigenvalue weighted by Gasteiger charge is -2.17. The van der Waals surface area contributed by atoms with Crippen molar-refractivity contribution in [3.8, 4) is 11.8 Å². The van der Waals surface area contributed by atoms with E-state index >= 15 is 0 Å². The van der Waals surface area contributed by atoms with E-state index in [9.17, 15) is 4.79 Å². The van der Waals surface area contributed by atoms with Gasteiger partial charge in [-0.25, -0.2) is 0 Å². The summed E-state index contributed by atoms with van der Waals surface area (Å²) >= 11 is 0. The van der Waals surface area contributed by atoms with Crippen molar-refractivity contribution < 1.29 is 9.53 Å². The van der Waals surface area contributed by atoms with E-state index in [1.165, 1.54) is 7.11 Å². The minimum Gasteiger partial charge on any atom is -0.495 e. The standard InChI is InChI=1S/C12H11NO2/c1-15-12-6-5-9-8(10(12)7-13)3-2-4-11(9)14/h5-6H,2-4H2,1H3. The van der Waals surface area contributed by atoms with Gasteiger partial charge in [0.2, 0.25) is 0 Å². The van der Waals surface area contributed by atoms with E-state index < -0.39 is 0 Å². The molecule has 1 aromatic rings. The summed E-state index contributed by atoms with van der Waals surface area (Å²) in [6.07, 6.45) is 2.21. The van der Waals surface area contributed by atoms with Gasteiger partial charge in [-0.3, -0.25) is 4.79 Å². The van der Waals surface area contributed by atoms with E-state index in [2.05, 4.69) is 6.07 Å². The molecule has 0 saturated heterocycles. The van der Waals surface area contributed by atoms with E-state index in [0.717, 1.165) is 18.4 Å². The van der Waals surface area contributed by atoms with Gasteiger partial charge in [0.05, 0.1) is 12.7 Å². The predicted molar refractivity (Wildman–Crippen MR) is 55.0 cm³/mol. The van der Waals surface area contributed by atoms with Gasteiger partial charge < -0.3 is 4.74 Å². The average molecular weight is 201 g/mol. The molecule has 76 valence electrons. The zero-order valence-corrected chi connectivity index (χ0v) is 8.54. The Morgan fingerprint density at radius 2 is 2.20 bits per heavy atom. The third-order valence-electron chi connectivity index (χ3n) is 2.74. The summed E-state index contributed by atoms with van der Waals surface area (Å²) in [4.78, 5) is 11.6. The van der Waals surface area contributed by atoms with Crippen LogP contribution in [0.15, 0.2) is 12.1 Å². The molecule has 0 heterocycles. The minimum absolute atomic E-state index is 0.135. The number of nitriles is 1. The van der Waals surface area contributed by atoms with Crippen molar-refractivity contribution in [1.29, 1.82) is 5.26 Å². The molecule has 0 N–H and O–H groups in total. The van der Waals surface area contributed by atoms with Crippen LogP contribution in [-0.4, -0.2) is 12.9 Å². The molecule has 3 heteroatoms. The SMILES string of the molecule is COc1ccc2c(c1C#N)CCCC2=O. The van der Waals surface area contributed by atoms with Gasteiger partial charge in [-0.15, -0.1) is 0 Å². The second-order valence-corrected chi connectivity index (χ2v) is 3.56. The molecule has 0 saturated carbocycles. The van der Waals surface area contributed by atoms with Gasteiger partial charge in [0, 0.05) is 12.0 Å². The minimum atomic E-state index is 0.135. The number of benzene rings is 1. The Hall–Kier alpha value is -1.82. The first-order valence-electron chi connectivity index (χ1n) is 4.91. The fourth-order valence-electron chi connectivity index (χ4n) is 2.00. The number of hydrogen-bond acceptors (Lipinski definition) is 3. The van der Waals surface area contributed by atoms with Crippen LogP contribution in [0.2, 0.25) is 0 Å². The van der Waals surface area contributed by atoms with Crippen LogP contribution >= 0.6 is 0 Å². The van der Waals surface area contributed by atoms with Crippen LogP contribution in [0.1, 0.15) is 34.3 Å². The topological polar surface area (TPSA) is 50.1 Å². The highest BCUT2D eigenvalue weighted by Crippen LogP contribution is 2.30. The van der Waals surface area contributed by atoms with Gasteiger partial charge in [0.25, 0.3) is 0 Å². The zero-order chi connectivity index (χ0) is 10.8. The fourth-order valence-corrected chi connectivity index (χ4v) is 2.00. The van der Waals surface area contributed by atoms with Crippen molar-refractivity contribution in [3.63, 3.8) is 0 Å². The number of Topliss-reactive ketones (excluding diaryl/α,β-unsaturated/α-hetero) is 1. The second-order valence-electron chi connectivity index (χ2n) is 3.56. The summed E-state index contributed by atoms with van der Waals surface area (Å²) in [7, 11) is 1.53. The van der Waals surface area contributed by atoms with Gasteiger partial charge in [-0.05, 0) is 30.5 Å². The number of methoxy groups -OCH3 is 1. The van der Waals surface area contributed by atoms with Gasteiger partial charge >= 0.3 is 0 Å². The van der Waals surface area contributed by atoms with E-state index in [1.807, 2.05) is 0 Å². The second kappa shape index (κ2) is 3.74. The molecule has 0 spiro atoms. The molecule has 3 nitrogen and oxygen atoms in total. The maximum Gasteiger partial charge on any atom is 0.163 e. The number of hydrogen-bond donors (Lipinski definition) is 0. The molecule has 0 aliphatic heterocycles. The fraction of sp³-hybridized carbons (Fsp3) is 0.333. The van der Waals surface area contributed by atoms with Crippen LogP contribution in [0.25, 0.3) is 0 Å². The lowest BCUT2D eigenvalue weighted by Crippen LogP contribution is -2.12. The maximum atomic E-state index is 11.6. The molecular weight excluding hydrogens is 190 g/mol. The van der Waals surface area contributed by atoms with Gasteiger partial charge in [0.1, 0.15) is 11.8 Å². The first-order chi connectivity index (χ1) is 7.27. The molecule has 1 aliphatic carbocycles. The predicted octanol–water partition coefficient (Wildman–Crippen LogP) is 2.09. The molecule has 0 amide bonds. The highest BCUT2D eigenvalue weighted by molar-refractivity contribution is 5.99. The molecule has 0 unspecified atom stereocenters. The number of nitrogens with zero attached hydrogens (tertiary/aromatic N) is 1. The van der Waals surface area contributed by atoms with Crippen molar-refractivity contribution in [2.75, 3.05) is 7.11 Å². The number of ether oxygens (including phenoxy) is 1. The van der Waals surface area contributed by atoms with Crippen molar-refractivity contribution in [2.24, 2.45) is 0 Å². The van der Waals surface area contributed by atoms with Gasteiger partial charge in [-0.1, -0.05) is 0 Å². The third-order valence-corrected chi connectivity index (χ3v) is 2.74. The largest absolute Gasteiger partial charge is 0.495 e. The molecule has 1 aromatic carbocycles. The summed E-state index contributed by atoms with van der Waals surface area (Å²) in [6.45, 7) is 0.